The second-order valence-electron chi connectivity index (χ2n) is 4.46. The Morgan fingerprint density at radius 2 is 1.44 bits per heavy atom. The number of hydrogen-bond acceptors (Lipinski definition) is 6. The van der Waals surface area contributed by atoms with Crippen molar-refractivity contribution in [1.82, 2.24) is 0 Å². The van der Waals surface area contributed by atoms with Gasteiger partial charge in [-0.25, -0.2) is 0 Å². The van der Waals surface area contributed by atoms with E-state index < -0.39 is 10.1 Å². The Bertz CT molecular complexity index is 303. The SMILES string of the molecule is CS(=O)(=O)OC1CCOCC1.OC1CCOCC1. The third-order valence-corrected chi connectivity index (χ3v) is 3.29. The Hall–Kier alpha value is -0.210. The van der Waals surface area contributed by atoms with Gasteiger partial charge in [0.2, 0.25) is 0 Å². The lowest BCUT2D eigenvalue weighted by molar-refractivity contribution is 0.0140. The van der Waals surface area contributed by atoms with E-state index in [1.807, 2.05) is 0 Å². The van der Waals surface area contributed by atoms with Crippen molar-refractivity contribution in [2.45, 2.75) is 37.9 Å². The fourth-order valence-electron chi connectivity index (χ4n) is 1.70. The van der Waals surface area contributed by atoms with Crippen molar-refractivity contribution in [2.24, 2.45) is 0 Å². The predicted octanol–water partition coefficient (Wildman–Crippen LogP) is 0.299. The number of aliphatic hydroxyl groups is 1. The fraction of sp³-hybridized carbons (Fsp3) is 1.00. The van der Waals surface area contributed by atoms with E-state index in [9.17, 15) is 8.42 Å². The van der Waals surface area contributed by atoms with Crippen molar-refractivity contribution < 1.29 is 27.2 Å². The maximum atomic E-state index is 10.6. The minimum atomic E-state index is -3.28. The fourth-order valence-corrected chi connectivity index (χ4v) is 2.39. The first-order chi connectivity index (χ1) is 8.47. The van der Waals surface area contributed by atoms with Crippen LogP contribution in [0.1, 0.15) is 25.7 Å². The van der Waals surface area contributed by atoms with Gasteiger partial charge in [0, 0.05) is 26.4 Å². The van der Waals surface area contributed by atoms with Crippen molar-refractivity contribution in [3.8, 4) is 0 Å². The lowest BCUT2D eigenvalue weighted by Crippen LogP contribution is -2.25. The molecule has 0 aliphatic carbocycles. The molecule has 7 heteroatoms. The van der Waals surface area contributed by atoms with E-state index in [-0.39, 0.29) is 12.2 Å². The van der Waals surface area contributed by atoms with Crippen LogP contribution in [0.3, 0.4) is 0 Å². The van der Waals surface area contributed by atoms with Gasteiger partial charge in [-0.3, -0.25) is 4.18 Å². The molecule has 0 bridgehead atoms. The Morgan fingerprint density at radius 3 is 1.78 bits per heavy atom. The van der Waals surface area contributed by atoms with Gasteiger partial charge in [0.25, 0.3) is 10.1 Å². The first-order valence-electron chi connectivity index (χ1n) is 6.19. The van der Waals surface area contributed by atoms with E-state index in [1.165, 1.54) is 0 Å². The Balaban J connectivity index is 0.000000199. The molecule has 1 N–H and O–H groups in total. The van der Waals surface area contributed by atoms with Crippen LogP contribution >= 0.6 is 0 Å². The highest BCUT2D eigenvalue weighted by molar-refractivity contribution is 7.86. The molecule has 6 nitrogen and oxygen atoms in total. The molecule has 0 amide bonds. The quantitative estimate of drug-likeness (QED) is 0.734. The molecule has 2 rings (SSSR count). The van der Waals surface area contributed by atoms with Crippen LogP contribution in [-0.4, -0.2) is 58.4 Å². The third kappa shape index (κ3) is 7.99. The molecule has 2 heterocycles. The summed E-state index contributed by atoms with van der Waals surface area (Å²) in [4.78, 5) is 0. The van der Waals surface area contributed by atoms with Gasteiger partial charge in [-0.1, -0.05) is 0 Å². The van der Waals surface area contributed by atoms with E-state index in [2.05, 4.69) is 0 Å². The number of aliphatic hydroxyl groups excluding tert-OH is 1. The van der Waals surface area contributed by atoms with Crippen LogP contribution in [0.2, 0.25) is 0 Å². The van der Waals surface area contributed by atoms with E-state index in [0.717, 1.165) is 32.3 Å². The van der Waals surface area contributed by atoms with E-state index in [4.69, 9.17) is 18.8 Å². The van der Waals surface area contributed by atoms with Gasteiger partial charge in [-0.2, -0.15) is 8.42 Å². The summed E-state index contributed by atoms with van der Waals surface area (Å²) in [6.07, 6.45) is 3.80. The molecule has 0 spiro atoms. The van der Waals surface area contributed by atoms with Crippen LogP contribution < -0.4 is 0 Å². The third-order valence-electron chi connectivity index (χ3n) is 2.67. The van der Waals surface area contributed by atoms with Crippen LogP contribution in [0.15, 0.2) is 0 Å². The Morgan fingerprint density at radius 1 is 1.00 bits per heavy atom. The minimum absolute atomic E-state index is 0.0891. The van der Waals surface area contributed by atoms with E-state index in [0.29, 0.717) is 26.1 Å². The maximum Gasteiger partial charge on any atom is 0.264 e. The molecule has 0 unspecified atom stereocenters. The average Bonchev–Trinajstić information content (AvgIpc) is 2.30. The highest BCUT2D eigenvalue weighted by Gasteiger charge is 2.18. The van der Waals surface area contributed by atoms with Crippen molar-refractivity contribution in [3.63, 3.8) is 0 Å². The van der Waals surface area contributed by atoms with Gasteiger partial charge in [0.05, 0.1) is 18.5 Å². The van der Waals surface area contributed by atoms with Crippen molar-refractivity contribution >= 4 is 10.1 Å². The molecular formula is C11H22O6S. The molecule has 0 aromatic carbocycles. The normalized spacial score (nSPS) is 23.2. The molecular weight excluding hydrogens is 260 g/mol. The highest BCUT2D eigenvalue weighted by atomic mass is 32.2. The molecule has 0 aromatic heterocycles. The highest BCUT2D eigenvalue weighted by Crippen LogP contribution is 2.12. The van der Waals surface area contributed by atoms with Gasteiger partial charge in [-0.15, -0.1) is 0 Å². The smallest absolute Gasteiger partial charge is 0.264 e. The molecule has 2 fully saturated rings. The van der Waals surface area contributed by atoms with Crippen LogP contribution in [0, 0.1) is 0 Å². The zero-order valence-corrected chi connectivity index (χ0v) is 11.5. The molecule has 0 aromatic rings. The number of rotatable bonds is 2. The molecule has 2 aliphatic heterocycles. The molecule has 2 saturated heterocycles. The second kappa shape index (κ2) is 8.06. The average molecular weight is 282 g/mol. The molecule has 0 atom stereocenters. The van der Waals surface area contributed by atoms with Crippen LogP contribution in [-0.2, 0) is 23.8 Å². The van der Waals surface area contributed by atoms with E-state index in [1.54, 1.807) is 0 Å². The monoisotopic (exact) mass is 282 g/mol. The Labute approximate surface area is 108 Å². The summed E-state index contributed by atoms with van der Waals surface area (Å²) < 4.78 is 36.1. The Kier molecular flexibility index (Phi) is 7.10. The summed E-state index contributed by atoms with van der Waals surface area (Å²) in [7, 11) is -3.28. The van der Waals surface area contributed by atoms with Gasteiger partial charge in [0.15, 0.2) is 0 Å². The standard InChI is InChI=1S/C6H12O4S.C5H10O2/c1-11(7,8)10-6-2-4-9-5-3-6;6-5-1-3-7-4-2-5/h6H,2-5H2,1H3;5-6H,1-4H2. The number of hydrogen-bond donors (Lipinski definition) is 1. The van der Waals surface area contributed by atoms with Crippen molar-refractivity contribution in [1.29, 1.82) is 0 Å². The predicted molar refractivity (Wildman–Crippen MR) is 65.8 cm³/mol. The lowest BCUT2D eigenvalue weighted by Gasteiger charge is -2.20. The van der Waals surface area contributed by atoms with Gasteiger partial charge in [0.1, 0.15) is 0 Å². The van der Waals surface area contributed by atoms with Crippen LogP contribution in [0.4, 0.5) is 0 Å². The largest absolute Gasteiger partial charge is 0.393 e. The van der Waals surface area contributed by atoms with Gasteiger partial charge >= 0.3 is 0 Å². The first kappa shape index (κ1) is 15.8. The minimum Gasteiger partial charge on any atom is -0.393 e. The zero-order chi connectivity index (χ0) is 13.4. The topological polar surface area (TPSA) is 82.1 Å². The number of ether oxygens (including phenoxy) is 2. The molecule has 0 saturated carbocycles. The molecule has 18 heavy (non-hydrogen) atoms. The van der Waals surface area contributed by atoms with Gasteiger partial charge < -0.3 is 14.6 Å². The first-order valence-corrected chi connectivity index (χ1v) is 8.01. The summed E-state index contributed by atoms with van der Waals surface area (Å²) in [6.45, 7) is 2.67. The summed E-state index contributed by atoms with van der Waals surface area (Å²) in [5.74, 6) is 0. The summed E-state index contributed by atoms with van der Waals surface area (Å²) in [6, 6.07) is 0. The molecule has 108 valence electrons. The lowest BCUT2D eigenvalue weighted by atomic mass is 10.2. The zero-order valence-electron chi connectivity index (χ0n) is 10.7. The summed E-state index contributed by atoms with van der Waals surface area (Å²) >= 11 is 0. The van der Waals surface area contributed by atoms with Gasteiger partial charge in [-0.05, 0) is 25.7 Å². The van der Waals surface area contributed by atoms with Crippen LogP contribution in [0.5, 0.6) is 0 Å². The summed E-state index contributed by atoms with van der Waals surface area (Å²) in [5, 5.41) is 8.83. The molecule has 0 radical (unpaired) electrons. The van der Waals surface area contributed by atoms with Crippen molar-refractivity contribution in [3.05, 3.63) is 0 Å². The molecule has 2 aliphatic rings. The van der Waals surface area contributed by atoms with Crippen LogP contribution in [0.25, 0.3) is 0 Å². The summed E-state index contributed by atoms with van der Waals surface area (Å²) in [5.41, 5.74) is 0. The maximum absolute atomic E-state index is 10.6. The van der Waals surface area contributed by atoms with E-state index >= 15 is 0 Å². The second-order valence-corrected chi connectivity index (χ2v) is 6.06. The van der Waals surface area contributed by atoms with Crippen molar-refractivity contribution in [2.75, 3.05) is 32.7 Å².